The van der Waals surface area contributed by atoms with Crippen molar-refractivity contribution in [3.05, 3.63) is 64.7 Å². The fourth-order valence-electron chi connectivity index (χ4n) is 2.53. The quantitative estimate of drug-likeness (QED) is 0.660. The molecule has 0 saturated heterocycles. The largest absolute Gasteiger partial charge is 0.372 e. The Balaban J connectivity index is 1.92. The molecule has 3 nitrogen and oxygen atoms in total. The van der Waals surface area contributed by atoms with Gasteiger partial charge in [-0.1, -0.05) is 43.8 Å². The lowest BCUT2D eigenvalue weighted by Crippen LogP contribution is -2.16. The van der Waals surface area contributed by atoms with E-state index in [1.54, 1.807) is 12.1 Å². The van der Waals surface area contributed by atoms with Crippen molar-refractivity contribution < 1.29 is 9.53 Å². The molecule has 0 aliphatic carbocycles. The van der Waals surface area contributed by atoms with E-state index in [9.17, 15) is 4.79 Å². The van der Waals surface area contributed by atoms with Crippen molar-refractivity contribution in [1.82, 2.24) is 0 Å². The van der Waals surface area contributed by atoms with E-state index < -0.39 is 8.07 Å². The van der Waals surface area contributed by atoms with E-state index in [1.807, 2.05) is 30.3 Å². The Morgan fingerprint density at radius 2 is 1.88 bits per heavy atom. The lowest BCUT2D eigenvalue weighted by Gasteiger charge is -2.10. The average Bonchev–Trinajstić information content (AvgIpc) is 3.01. The van der Waals surface area contributed by atoms with Gasteiger partial charge in [0.05, 0.1) is 13.2 Å². The van der Waals surface area contributed by atoms with E-state index in [4.69, 9.17) is 4.74 Å². The molecule has 4 heteroatoms. The minimum absolute atomic E-state index is 0.112. The molecule has 0 spiro atoms. The molecule has 0 unspecified atom stereocenters. The highest BCUT2D eigenvalue weighted by molar-refractivity contribution is 6.83. The summed E-state index contributed by atoms with van der Waals surface area (Å²) in [6.07, 6.45) is 0. The monoisotopic (exact) mass is 335 g/mol. The van der Waals surface area contributed by atoms with Gasteiger partial charge in [0.1, 0.15) is 8.07 Å². The molecule has 0 radical (unpaired) electrons. The lowest BCUT2D eigenvalue weighted by atomic mass is 10.0. The molecule has 1 heterocycles. The highest BCUT2D eigenvalue weighted by Crippen LogP contribution is 2.27. The van der Waals surface area contributed by atoms with Crippen molar-refractivity contribution in [2.45, 2.75) is 32.9 Å². The minimum Gasteiger partial charge on any atom is -0.372 e. The molecule has 0 aromatic heterocycles. The zero-order valence-corrected chi connectivity index (χ0v) is 15.3. The molecule has 1 N–H and O–H groups in total. The number of ether oxygens (including phenoxy) is 1. The molecule has 0 bridgehead atoms. The number of anilines is 1. The number of carbonyl (C=O) groups is 1. The van der Waals surface area contributed by atoms with Gasteiger partial charge < -0.3 is 10.1 Å². The van der Waals surface area contributed by atoms with Crippen molar-refractivity contribution in [3.63, 3.8) is 0 Å². The maximum atomic E-state index is 12.4. The molecular weight excluding hydrogens is 314 g/mol. The summed E-state index contributed by atoms with van der Waals surface area (Å²) >= 11 is 0. The molecule has 122 valence electrons. The first-order valence-electron chi connectivity index (χ1n) is 8.05. The van der Waals surface area contributed by atoms with E-state index in [0.717, 1.165) is 22.4 Å². The molecule has 0 fully saturated rings. The number of rotatable bonds is 2. The summed E-state index contributed by atoms with van der Waals surface area (Å²) in [7, 11) is -1.46. The van der Waals surface area contributed by atoms with Crippen molar-refractivity contribution in [2.75, 3.05) is 5.32 Å². The van der Waals surface area contributed by atoms with Gasteiger partial charge in [-0.2, -0.15) is 0 Å². The van der Waals surface area contributed by atoms with Gasteiger partial charge in [-0.05, 0) is 35.4 Å². The molecule has 0 atom stereocenters. The van der Waals surface area contributed by atoms with Gasteiger partial charge >= 0.3 is 0 Å². The zero-order chi connectivity index (χ0) is 17.2. The fraction of sp³-hybridized carbons (Fsp3) is 0.250. The topological polar surface area (TPSA) is 38.3 Å². The van der Waals surface area contributed by atoms with Crippen LogP contribution in [-0.2, 0) is 18.0 Å². The van der Waals surface area contributed by atoms with Gasteiger partial charge in [-0.25, -0.2) is 0 Å². The van der Waals surface area contributed by atoms with Crippen LogP contribution in [0, 0.1) is 11.5 Å². The predicted molar refractivity (Wildman–Crippen MR) is 99.6 cm³/mol. The second-order valence-electron chi connectivity index (χ2n) is 6.97. The first-order chi connectivity index (χ1) is 11.4. The second-order valence-corrected chi connectivity index (χ2v) is 11.7. The number of carbonyl (C=O) groups excluding carboxylic acids is 1. The van der Waals surface area contributed by atoms with E-state index >= 15 is 0 Å². The van der Waals surface area contributed by atoms with Gasteiger partial charge in [0.2, 0.25) is 0 Å². The summed E-state index contributed by atoms with van der Waals surface area (Å²) in [5, 5.41) is 2.97. The standard InChI is InChI=1S/C20H21NO2Si/c1-24(2,3)10-9-16-11-18(12-17-13-23-14-19(16)17)21-20(22)15-7-5-4-6-8-15/h4-8,11-12H,13-14H2,1-3H3,(H,21,22). The summed E-state index contributed by atoms with van der Waals surface area (Å²) in [6.45, 7) is 7.83. The van der Waals surface area contributed by atoms with Gasteiger partial charge in [-0.15, -0.1) is 5.54 Å². The van der Waals surface area contributed by atoms with Gasteiger partial charge in [-0.3, -0.25) is 4.79 Å². The number of amides is 1. The van der Waals surface area contributed by atoms with E-state index in [0.29, 0.717) is 18.8 Å². The first-order valence-corrected chi connectivity index (χ1v) is 11.6. The molecule has 3 rings (SSSR count). The first kappa shape index (κ1) is 16.5. The minimum atomic E-state index is -1.46. The summed E-state index contributed by atoms with van der Waals surface area (Å²) in [4.78, 5) is 12.4. The Morgan fingerprint density at radius 1 is 1.12 bits per heavy atom. The van der Waals surface area contributed by atoms with Crippen molar-refractivity contribution >= 4 is 19.7 Å². The van der Waals surface area contributed by atoms with Gasteiger partial charge in [0, 0.05) is 16.8 Å². The second kappa shape index (κ2) is 6.64. The van der Waals surface area contributed by atoms with Crippen LogP contribution < -0.4 is 5.32 Å². The van der Waals surface area contributed by atoms with Crippen LogP contribution in [0.4, 0.5) is 5.69 Å². The van der Waals surface area contributed by atoms with E-state index in [1.165, 1.54) is 0 Å². The lowest BCUT2D eigenvalue weighted by molar-refractivity contribution is 0.102. The number of fused-ring (bicyclic) bond motifs is 1. The van der Waals surface area contributed by atoms with Crippen LogP contribution in [0.25, 0.3) is 0 Å². The number of hydrogen-bond acceptors (Lipinski definition) is 2. The average molecular weight is 335 g/mol. The normalized spacial score (nSPS) is 13.0. The third-order valence-corrected chi connectivity index (χ3v) is 4.59. The third-order valence-electron chi connectivity index (χ3n) is 3.71. The van der Waals surface area contributed by atoms with Crippen LogP contribution in [-0.4, -0.2) is 14.0 Å². The molecule has 1 aliphatic heterocycles. The number of nitrogens with one attached hydrogen (secondary N) is 1. The maximum Gasteiger partial charge on any atom is 0.255 e. The molecule has 24 heavy (non-hydrogen) atoms. The van der Waals surface area contributed by atoms with Crippen LogP contribution in [0.5, 0.6) is 0 Å². The highest BCUT2D eigenvalue weighted by atomic mass is 28.3. The maximum absolute atomic E-state index is 12.4. The van der Waals surface area contributed by atoms with E-state index in [2.05, 4.69) is 36.4 Å². The smallest absolute Gasteiger partial charge is 0.255 e. The SMILES string of the molecule is C[Si](C)(C)C#Cc1cc(NC(=O)c2ccccc2)cc2c1COC2. The van der Waals surface area contributed by atoms with Crippen LogP contribution in [0.15, 0.2) is 42.5 Å². The number of benzene rings is 2. The van der Waals surface area contributed by atoms with Crippen LogP contribution >= 0.6 is 0 Å². The number of hydrogen-bond donors (Lipinski definition) is 1. The Morgan fingerprint density at radius 3 is 2.58 bits per heavy atom. The van der Waals surface area contributed by atoms with E-state index in [-0.39, 0.29) is 5.91 Å². The summed E-state index contributed by atoms with van der Waals surface area (Å²) in [6, 6.07) is 13.2. The Labute approximate surface area is 144 Å². The zero-order valence-electron chi connectivity index (χ0n) is 14.3. The molecule has 2 aromatic rings. The predicted octanol–water partition coefficient (Wildman–Crippen LogP) is 4.20. The summed E-state index contributed by atoms with van der Waals surface area (Å²) < 4.78 is 5.56. The molecule has 2 aromatic carbocycles. The van der Waals surface area contributed by atoms with Crippen molar-refractivity contribution in [2.24, 2.45) is 0 Å². The Bertz CT molecular complexity index is 826. The Hall–Kier alpha value is -2.35. The molecule has 1 amide bonds. The van der Waals surface area contributed by atoms with Crippen LogP contribution in [0.1, 0.15) is 27.0 Å². The Kier molecular flexibility index (Phi) is 4.57. The van der Waals surface area contributed by atoms with Crippen molar-refractivity contribution in [1.29, 1.82) is 0 Å². The van der Waals surface area contributed by atoms with Crippen molar-refractivity contribution in [3.8, 4) is 11.5 Å². The fourth-order valence-corrected chi connectivity index (χ4v) is 3.04. The third kappa shape index (κ3) is 3.94. The van der Waals surface area contributed by atoms with Crippen LogP contribution in [0.3, 0.4) is 0 Å². The van der Waals surface area contributed by atoms with Gasteiger partial charge in [0.15, 0.2) is 0 Å². The summed E-state index contributed by atoms with van der Waals surface area (Å²) in [5.41, 5.74) is 8.05. The van der Waals surface area contributed by atoms with Gasteiger partial charge in [0.25, 0.3) is 5.91 Å². The highest BCUT2D eigenvalue weighted by Gasteiger charge is 2.18. The molecule has 1 aliphatic rings. The molecule has 0 saturated carbocycles. The van der Waals surface area contributed by atoms with Crippen LogP contribution in [0.2, 0.25) is 19.6 Å². The molecular formula is C20H21NO2Si. The summed E-state index contributed by atoms with van der Waals surface area (Å²) in [5.74, 6) is 3.21.